The van der Waals surface area contributed by atoms with Crippen molar-refractivity contribution in [3.05, 3.63) is 58.4 Å². The molecule has 6 heteroatoms. The van der Waals surface area contributed by atoms with Crippen LogP contribution in [0, 0.1) is 6.92 Å². The number of thiazole rings is 1. The van der Waals surface area contributed by atoms with Gasteiger partial charge in [-0.25, -0.2) is 4.98 Å². The Morgan fingerprint density at radius 2 is 2.08 bits per heavy atom. The van der Waals surface area contributed by atoms with Gasteiger partial charge in [-0.05, 0) is 30.0 Å². The molecular formula is C18H18N2O2S2. The normalized spacial score (nSPS) is 10.6. The molecule has 4 nitrogen and oxygen atoms in total. The van der Waals surface area contributed by atoms with Crippen molar-refractivity contribution in [3.63, 3.8) is 0 Å². The number of benzene rings is 1. The average Bonchev–Trinajstić information content (AvgIpc) is 3.27. The summed E-state index contributed by atoms with van der Waals surface area (Å²) in [5, 5.41) is 2.89. The Balaban J connectivity index is 1.56. The van der Waals surface area contributed by atoms with Crippen molar-refractivity contribution < 1.29 is 9.53 Å². The number of para-hydroxylation sites is 1. The molecule has 0 spiro atoms. The van der Waals surface area contributed by atoms with E-state index in [9.17, 15) is 4.79 Å². The second-order valence-corrected chi connectivity index (χ2v) is 7.33. The fourth-order valence-corrected chi connectivity index (χ4v) is 3.90. The van der Waals surface area contributed by atoms with Crippen LogP contribution in [0.2, 0.25) is 0 Å². The third kappa shape index (κ3) is 3.83. The van der Waals surface area contributed by atoms with Crippen LogP contribution in [-0.4, -0.2) is 36.0 Å². The molecule has 2 heterocycles. The maximum absolute atomic E-state index is 12.5. The van der Waals surface area contributed by atoms with Crippen LogP contribution in [0.1, 0.15) is 15.2 Å². The Kier molecular flexibility index (Phi) is 5.27. The fourth-order valence-electron chi connectivity index (χ4n) is 2.19. The Morgan fingerprint density at radius 1 is 1.25 bits per heavy atom. The zero-order valence-corrected chi connectivity index (χ0v) is 15.2. The van der Waals surface area contributed by atoms with Crippen LogP contribution in [0.5, 0.6) is 5.75 Å². The predicted octanol–water partition coefficient (Wildman–Crippen LogP) is 4.33. The number of thiophene rings is 1. The number of hydrogen-bond acceptors (Lipinski definition) is 5. The molecule has 0 fully saturated rings. The number of aromatic nitrogens is 1. The highest BCUT2D eigenvalue weighted by Gasteiger charge is 2.16. The van der Waals surface area contributed by atoms with Crippen LogP contribution in [0.15, 0.2) is 48.0 Å². The lowest BCUT2D eigenvalue weighted by Crippen LogP contribution is -2.30. The molecule has 0 aliphatic rings. The van der Waals surface area contributed by atoms with Crippen molar-refractivity contribution in [2.45, 2.75) is 6.92 Å². The van der Waals surface area contributed by atoms with Crippen LogP contribution < -0.4 is 4.74 Å². The Bertz CT molecular complexity index is 812. The first-order chi connectivity index (χ1) is 11.6. The second kappa shape index (κ2) is 7.59. The molecule has 0 unspecified atom stereocenters. The van der Waals surface area contributed by atoms with E-state index in [1.165, 1.54) is 11.3 Å². The average molecular weight is 358 g/mol. The van der Waals surface area contributed by atoms with Gasteiger partial charge in [-0.2, -0.15) is 0 Å². The summed E-state index contributed by atoms with van der Waals surface area (Å²) in [7, 11) is 1.79. The molecule has 3 aromatic rings. The van der Waals surface area contributed by atoms with E-state index >= 15 is 0 Å². The van der Waals surface area contributed by atoms with Gasteiger partial charge in [0.05, 0.1) is 17.6 Å². The lowest BCUT2D eigenvalue weighted by atomic mass is 10.2. The van der Waals surface area contributed by atoms with E-state index in [4.69, 9.17) is 4.74 Å². The third-order valence-electron chi connectivity index (χ3n) is 3.57. The van der Waals surface area contributed by atoms with E-state index < -0.39 is 0 Å². The summed E-state index contributed by atoms with van der Waals surface area (Å²) in [6.45, 7) is 3.00. The van der Waals surface area contributed by atoms with Crippen LogP contribution in [-0.2, 0) is 0 Å². The van der Waals surface area contributed by atoms with E-state index in [0.717, 1.165) is 21.2 Å². The minimum atomic E-state index is -0.0244. The molecule has 1 amide bonds. The summed E-state index contributed by atoms with van der Waals surface area (Å²) >= 11 is 3.05. The quantitative estimate of drug-likeness (QED) is 0.659. The summed E-state index contributed by atoms with van der Waals surface area (Å²) < 4.78 is 5.75. The topological polar surface area (TPSA) is 42.4 Å². The summed E-state index contributed by atoms with van der Waals surface area (Å²) in [5.74, 6) is 0.833. The summed E-state index contributed by atoms with van der Waals surface area (Å²) in [6, 6.07) is 11.9. The van der Waals surface area contributed by atoms with Gasteiger partial charge in [-0.15, -0.1) is 22.7 Å². The van der Waals surface area contributed by atoms with Crippen molar-refractivity contribution in [3.8, 4) is 15.6 Å². The first-order valence-electron chi connectivity index (χ1n) is 7.59. The standard InChI is InChI=1S/C18H18N2O2S2/c1-13-6-3-4-7-14(13)22-10-9-20(2)18(21)16-12-19-17(24-16)15-8-5-11-23-15/h3-8,11-12H,9-10H2,1-2H3. The zero-order chi connectivity index (χ0) is 16.9. The van der Waals surface area contributed by atoms with Crippen LogP contribution in [0.25, 0.3) is 9.88 Å². The molecule has 0 aliphatic carbocycles. The Morgan fingerprint density at radius 3 is 2.83 bits per heavy atom. The van der Waals surface area contributed by atoms with E-state index in [1.54, 1.807) is 29.5 Å². The lowest BCUT2D eigenvalue weighted by Gasteiger charge is -2.17. The smallest absolute Gasteiger partial charge is 0.265 e. The zero-order valence-electron chi connectivity index (χ0n) is 13.6. The number of carbonyl (C=O) groups is 1. The molecule has 124 valence electrons. The van der Waals surface area contributed by atoms with Gasteiger partial charge < -0.3 is 9.64 Å². The van der Waals surface area contributed by atoms with Crippen LogP contribution in [0.4, 0.5) is 0 Å². The van der Waals surface area contributed by atoms with Gasteiger partial charge >= 0.3 is 0 Å². The SMILES string of the molecule is Cc1ccccc1OCCN(C)C(=O)c1cnc(-c2cccs2)s1. The fraction of sp³-hybridized carbons (Fsp3) is 0.222. The molecule has 24 heavy (non-hydrogen) atoms. The van der Waals surface area contributed by atoms with Crippen molar-refractivity contribution in [1.29, 1.82) is 0 Å². The van der Waals surface area contributed by atoms with Crippen molar-refractivity contribution in [2.24, 2.45) is 0 Å². The molecule has 0 radical (unpaired) electrons. The van der Waals surface area contributed by atoms with Gasteiger partial charge in [0, 0.05) is 7.05 Å². The number of aryl methyl sites for hydroxylation is 1. The number of nitrogens with zero attached hydrogens (tertiary/aromatic N) is 2. The molecule has 0 atom stereocenters. The molecule has 0 saturated heterocycles. The second-order valence-electron chi connectivity index (χ2n) is 5.35. The largest absolute Gasteiger partial charge is 0.491 e. The van der Waals surface area contributed by atoms with E-state index in [1.807, 2.05) is 48.7 Å². The molecule has 2 aromatic heterocycles. The van der Waals surface area contributed by atoms with Crippen molar-refractivity contribution in [1.82, 2.24) is 9.88 Å². The minimum Gasteiger partial charge on any atom is -0.491 e. The highest BCUT2D eigenvalue weighted by molar-refractivity contribution is 7.21. The number of ether oxygens (including phenoxy) is 1. The van der Waals surface area contributed by atoms with Crippen molar-refractivity contribution in [2.75, 3.05) is 20.2 Å². The maximum atomic E-state index is 12.5. The molecule has 3 rings (SSSR count). The molecule has 0 saturated carbocycles. The van der Waals surface area contributed by atoms with Gasteiger partial charge in [-0.1, -0.05) is 24.3 Å². The van der Waals surface area contributed by atoms with Crippen LogP contribution in [0.3, 0.4) is 0 Å². The number of amides is 1. The highest BCUT2D eigenvalue weighted by Crippen LogP contribution is 2.29. The summed E-state index contributed by atoms with van der Waals surface area (Å²) in [5.41, 5.74) is 1.09. The lowest BCUT2D eigenvalue weighted by molar-refractivity contribution is 0.0778. The van der Waals surface area contributed by atoms with Crippen LogP contribution >= 0.6 is 22.7 Å². The Labute approximate surface area is 149 Å². The predicted molar refractivity (Wildman–Crippen MR) is 99.1 cm³/mol. The molecule has 0 N–H and O–H groups in total. The van der Waals surface area contributed by atoms with Gasteiger partial charge in [0.15, 0.2) is 0 Å². The van der Waals surface area contributed by atoms with Crippen molar-refractivity contribution >= 4 is 28.6 Å². The first kappa shape index (κ1) is 16.7. The van der Waals surface area contributed by atoms with Gasteiger partial charge in [0.25, 0.3) is 5.91 Å². The maximum Gasteiger partial charge on any atom is 0.265 e. The Hall–Kier alpha value is -2.18. The number of carbonyl (C=O) groups excluding carboxylic acids is 1. The highest BCUT2D eigenvalue weighted by atomic mass is 32.1. The van der Waals surface area contributed by atoms with E-state index in [-0.39, 0.29) is 5.91 Å². The van der Waals surface area contributed by atoms with Gasteiger partial charge in [0.2, 0.25) is 0 Å². The minimum absolute atomic E-state index is 0.0244. The van der Waals surface area contributed by atoms with E-state index in [0.29, 0.717) is 18.0 Å². The summed E-state index contributed by atoms with van der Waals surface area (Å²) in [4.78, 5) is 20.2. The molecule has 0 bridgehead atoms. The number of likely N-dealkylation sites (N-methyl/N-ethyl adjacent to an activating group) is 1. The molecular weight excluding hydrogens is 340 g/mol. The molecule has 1 aromatic carbocycles. The van der Waals surface area contributed by atoms with Gasteiger partial charge in [0.1, 0.15) is 22.2 Å². The van der Waals surface area contributed by atoms with E-state index in [2.05, 4.69) is 4.98 Å². The monoisotopic (exact) mass is 358 g/mol. The molecule has 0 aliphatic heterocycles. The number of hydrogen-bond donors (Lipinski definition) is 0. The van der Waals surface area contributed by atoms with Gasteiger partial charge in [-0.3, -0.25) is 4.79 Å². The summed E-state index contributed by atoms with van der Waals surface area (Å²) in [6.07, 6.45) is 1.65. The first-order valence-corrected chi connectivity index (χ1v) is 9.28. The third-order valence-corrected chi connectivity index (χ3v) is 5.60. The number of rotatable bonds is 6.